The van der Waals surface area contributed by atoms with Crippen molar-refractivity contribution < 1.29 is 9.59 Å². The lowest BCUT2D eigenvalue weighted by atomic mass is 9.93. The third-order valence-corrected chi connectivity index (χ3v) is 4.09. The number of rotatable bonds is 8. The molecule has 1 rings (SSSR count). The van der Waals surface area contributed by atoms with E-state index in [1.165, 1.54) is 12.8 Å². The first-order chi connectivity index (χ1) is 9.88. The van der Waals surface area contributed by atoms with Gasteiger partial charge in [-0.05, 0) is 24.7 Å². The van der Waals surface area contributed by atoms with Gasteiger partial charge in [0.25, 0.3) is 0 Å². The van der Waals surface area contributed by atoms with E-state index < -0.39 is 0 Å². The summed E-state index contributed by atoms with van der Waals surface area (Å²) in [6, 6.07) is -0.638. The number of piperazine rings is 1. The second-order valence-corrected chi connectivity index (χ2v) is 6.97. The lowest BCUT2D eigenvalue weighted by Gasteiger charge is -2.41. The molecule has 0 aromatic carbocycles. The highest BCUT2D eigenvalue weighted by Crippen LogP contribution is 2.21. The monoisotopic (exact) mass is 296 g/mol. The molecule has 1 fully saturated rings. The van der Waals surface area contributed by atoms with Gasteiger partial charge in [0.15, 0.2) is 0 Å². The summed E-state index contributed by atoms with van der Waals surface area (Å²) < 4.78 is 0. The summed E-state index contributed by atoms with van der Waals surface area (Å²) in [4.78, 5) is 26.9. The largest absolute Gasteiger partial charge is 0.342 e. The lowest BCUT2D eigenvalue weighted by Crippen LogP contribution is -2.65. The zero-order valence-corrected chi connectivity index (χ0v) is 14.3. The topological polar surface area (TPSA) is 49.4 Å². The molecule has 1 aliphatic rings. The molecule has 0 aromatic heterocycles. The van der Waals surface area contributed by atoms with Gasteiger partial charge in [-0.2, -0.15) is 0 Å². The van der Waals surface area contributed by atoms with Gasteiger partial charge < -0.3 is 10.2 Å². The molecule has 21 heavy (non-hydrogen) atoms. The van der Waals surface area contributed by atoms with E-state index in [4.69, 9.17) is 0 Å². The van der Waals surface area contributed by atoms with Gasteiger partial charge in [0.2, 0.25) is 11.8 Å². The maximum absolute atomic E-state index is 12.7. The van der Waals surface area contributed by atoms with Crippen molar-refractivity contribution >= 4 is 11.8 Å². The fourth-order valence-electron chi connectivity index (χ4n) is 3.05. The van der Waals surface area contributed by atoms with Gasteiger partial charge in [-0.1, -0.05) is 53.9 Å². The summed E-state index contributed by atoms with van der Waals surface area (Å²) in [5, 5.41) is 2.93. The maximum atomic E-state index is 12.7. The van der Waals surface area contributed by atoms with Gasteiger partial charge in [-0.15, -0.1) is 0 Å². The van der Waals surface area contributed by atoms with E-state index in [0.29, 0.717) is 12.5 Å². The fourth-order valence-corrected chi connectivity index (χ4v) is 3.05. The number of unbranched alkanes of at least 4 members (excludes halogenated alkanes) is 3. The van der Waals surface area contributed by atoms with Gasteiger partial charge in [0.05, 0.1) is 0 Å². The predicted octanol–water partition coefficient (Wildman–Crippen LogP) is 2.96. The molecule has 1 saturated heterocycles. The summed E-state index contributed by atoms with van der Waals surface area (Å²) in [5.41, 5.74) is 0. The highest BCUT2D eigenvalue weighted by Gasteiger charge is 2.41. The summed E-state index contributed by atoms with van der Waals surface area (Å²) in [7, 11) is 0. The van der Waals surface area contributed by atoms with Crippen LogP contribution in [0.3, 0.4) is 0 Å². The third kappa shape index (κ3) is 5.01. The Kier molecular flexibility index (Phi) is 7.20. The summed E-state index contributed by atoms with van der Waals surface area (Å²) in [5.74, 6) is 0.682. The Morgan fingerprint density at radius 1 is 1.10 bits per heavy atom. The van der Waals surface area contributed by atoms with Gasteiger partial charge in [-0.25, -0.2) is 0 Å². The molecule has 4 nitrogen and oxygen atoms in total. The van der Waals surface area contributed by atoms with E-state index in [-0.39, 0.29) is 29.8 Å². The minimum Gasteiger partial charge on any atom is -0.342 e. The number of carbonyl (C=O) groups is 2. The fraction of sp³-hybridized carbons (Fsp3) is 0.882. The van der Waals surface area contributed by atoms with Crippen molar-refractivity contribution in [2.24, 2.45) is 11.8 Å². The van der Waals surface area contributed by atoms with Crippen LogP contribution in [0.1, 0.15) is 66.7 Å². The molecule has 2 amide bonds. The molecule has 0 bridgehead atoms. The Labute approximate surface area is 129 Å². The van der Waals surface area contributed by atoms with Crippen molar-refractivity contribution in [2.45, 2.75) is 78.8 Å². The van der Waals surface area contributed by atoms with Crippen LogP contribution in [-0.2, 0) is 9.59 Å². The van der Waals surface area contributed by atoms with E-state index in [9.17, 15) is 9.59 Å². The van der Waals surface area contributed by atoms with E-state index in [2.05, 4.69) is 26.1 Å². The first kappa shape index (κ1) is 18.0. The second-order valence-electron chi connectivity index (χ2n) is 6.97. The number of hydrogen-bond donors (Lipinski definition) is 1. The van der Waals surface area contributed by atoms with Crippen LogP contribution < -0.4 is 5.32 Å². The SMILES string of the molecule is CCCCCCN1C(=O)C(CC(C)C)NC(=O)C1C(C)C. The van der Waals surface area contributed by atoms with E-state index in [0.717, 1.165) is 19.3 Å². The number of carbonyl (C=O) groups excluding carboxylic acids is 2. The first-order valence-electron chi connectivity index (χ1n) is 8.49. The molecule has 0 saturated carbocycles. The molecule has 0 aromatic rings. The molecule has 1 aliphatic heterocycles. The molecule has 0 aliphatic carbocycles. The minimum atomic E-state index is -0.335. The van der Waals surface area contributed by atoms with Crippen LogP contribution in [0.25, 0.3) is 0 Å². The molecule has 2 unspecified atom stereocenters. The number of amides is 2. The van der Waals surface area contributed by atoms with Gasteiger partial charge >= 0.3 is 0 Å². The normalized spacial score (nSPS) is 23.1. The van der Waals surface area contributed by atoms with Gasteiger partial charge in [0, 0.05) is 6.54 Å². The number of hydrogen-bond acceptors (Lipinski definition) is 2. The molecule has 2 atom stereocenters. The molecular formula is C17H32N2O2. The quantitative estimate of drug-likeness (QED) is 0.700. The van der Waals surface area contributed by atoms with Crippen molar-refractivity contribution in [2.75, 3.05) is 6.54 Å². The standard InChI is InChI=1S/C17H32N2O2/c1-6-7-8-9-10-19-15(13(4)5)16(20)18-14(17(19)21)11-12(2)3/h12-15H,6-11H2,1-5H3,(H,18,20). The van der Waals surface area contributed by atoms with E-state index in [1.807, 2.05) is 18.7 Å². The van der Waals surface area contributed by atoms with Crippen LogP contribution in [0.5, 0.6) is 0 Å². The number of nitrogens with one attached hydrogen (secondary N) is 1. The van der Waals surface area contributed by atoms with Crippen molar-refractivity contribution in [3.05, 3.63) is 0 Å². The third-order valence-electron chi connectivity index (χ3n) is 4.09. The summed E-state index contributed by atoms with van der Waals surface area (Å²) >= 11 is 0. The molecule has 1 heterocycles. The van der Waals surface area contributed by atoms with E-state index in [1.54, 1.807) is 0 Å². The summed E-state index contributed by atoms with van der Waals surface area (Å²) in [6.45, 7) is 11.1. The maximum Gasteiger partial charge on any atom is 0.245 e. The highest BCUT2D eigenvalue weighted by atomic mass is 16.2. The van der Waals surface area contributed by atoms with Crippen LogP contribution in [0.15, 0.2) is 0 Å². The van der Waals surface area contributed by atoms with Gasteiger partial charge in [0.1, 0.15) is 12.1 Å². The summed E-state index contributed by atoms with van der Waals surface area (Å²) in [6.07, 6.45) is 5.21. The Hall–Kier alpha value is -1.06. The molecule has 4 heteroatoms. The zero-order valence-electron chi connectivity index (χ0n) is 14.3. The Morgan fingerprint density at radius 2 is 1.76 bits per heavy atom. The predicted molar refractivity (Wildman–Crippen MR) is 85.9 cm³/mol. The molecule has 122 valence electrons. The zero-order chi connectivity index (χ0) is 16.0. The highest BCUT2D eigenvalue weighted by molar-refractivity contribution is 5.97. The Morgan fingerprint density at radius 3 is 2.29 bits per heavy atom. The number of nitrogens with zero attached hydrogens (tertiary/aromatic N) is 1. The Bertz CT molecular complexity index is 353. The molecule has 0 radical (unpaired) electrons. The average Bonchev–Trinajstić information content (AvgIpc) is 2.38. The van der Waals surface area contributed by atoms with Crippen molar-refractivity contribution in [3.8, 4) is 0 Å². The van der Waals surface area contributed by atoms with Crippen molar-refractivity contribution in [1.82, 2.24) is 10.2 Å². The van der Waals surface area contributed by atoms with Crippen LogP contribution in [0.4, 0.5) is 0 Å². The van der Waals surface area contributed by atoms with Crippen molar-refractivity contribution in [1.29, 1.82) is 0 Å². The first-order valence-corrected chi connectivity index (χ1v) is 8.49. The lowest BCUT2D eigenvalue weighted by molar-refractivity contribution is -0.151. The van der Waals surface area contributed by atoms with Crippen LogP contribution in [0.2, 0.25) is 0 Å². The molecular weight excluding hydrogens is 264 g/mol. The van der Waals surface area contributed by atoms with Crippen molar-refractivity contribution in [3.63, 3.8) is 0 Å². The van der Waals surface area contributed by atoms with Crippen LogP contribution in [0, 0.1) is 11.8 Å². The molecule has 0 spiro atoms. The van der Waals surface area contributed by atoms with Crippen LogP contribution in [-0.4, -0.2) is 35.3 Å². The second kappa shape index (κ2) is 8.40. The molecule has 1 N–H and O–H groups in total. The van der Waals surface area contributed by atoms with Gasteiger partial charge in [-0.3, -0.25) is 9.59 Å². The average molecular weight is 296 g/mol. The smallest absolute Gasteiger partial charge is 0.245 e. The van der Waals surface area contributed by atoms with Crippen LogP contribution >= 0.6 is 0 Å². The minimum absolute atomic E-state index is 0.0192. The van der Waals surface area contributed by atoms with E-state index >= 15 is 0 Å². The Balaban J connectivity index is 2.77.